The van der Waals surface area contributed by atoms with Gasteiger partial charge in [-0.05, 0) is 30.3 Å². The second-order valence-corrected chi connectivity index (χ2v) is 10.8. The van der Waals surface area contributed by atoms with Crippen LogP contribution in [-0.2, 0) is 21.3 Å². The highest BCUT2D eigenvalue weighted by molar-refractivity contribution is 7.85. The second-order valence-electron chi connectivity index (χ2n) is 7.54. The number of halogens is 4. The van der Waals surface area contributed by atoms with Crippen molar-refractivity contribution < 1.29 is 17.8 Å². The van der Waals surface area contributed by atoms with E-state index in [4.69, 9.17) is 28.2 Å². The van der Waals surface area contributed by atoms with Crippen molar-refractivity contribution in [3.8, 4) is 0 Å². The minimum atomic E-state index is -3.07. The molecule has 0 aromatic heterocycles. The summed E-state index contributed by atoms with van der Waals surface area (Å²) < 4.78 is 39.0. The highest BCUT2D eigenvalue weighted by atomic mass is 35.5. The first-order valence-electron chi connectivity index (χ1n) is 9.86. The molecule has 170 valence electrons. The molecule has 5 nitrogen and oxygen atoms in total. The normalized spacial score (nSPS) is 21.0. The summed E-state index contributed by atoms with van der Waals surface area (Å²) in [6.07, 6.45) is -0.309. The fourth-order valence-electron chi connectivity index (χ4n) is 3.73. The predicted molar refractivity (Wildman–Crippen MR) is 128 cm³/mol. The molecule has 0 bridgehead atoms. The Kier molecular flexibility index (Phi) is 6.99. The number of carbonyl (C=O) groups excluding carboxylic acids is 1. The van der Waals surface area contributed by atoms with Gasteiger partial charge in [0.25, 0.3) is 5.66 Å². The summed E-state index contributed by atoms with van der Waals surface area (Å²) in [6, 6.07) is 10.4. The van der Waals surface area contributed by atoms with Gasteiger partial charge in [0.15, 0.2) is 0 Å². The van der Waals surface area contributed by atoms with Gasteiger partial charge in [-0.3, -0.25) is 18.8 Å². The molecule has 0 spiro atoms. The second kappa shape index (κ2) is 9.43. The molecule has 4 rings (SSSR count). The summed E-state index contributed by atoms with van der Waals surface area (Å²) in [7, 11) is 0.644. The number of hydrogen-bond donors (Lipinski definition) is 0. The van der Waals surface area contributed by atoms with Crippen LogP contribution in [0.25, 0.3) is 0 Å². The number of benzene rings is 2. The van der Waals surface area contributed by atoms with E-state index in [1.54, 1.807) is 18.2 Å². The van der Waals surface area contributed by atoms with Crippen LogP contribution in [0.3, 0.4) is 0 Å². The van der Waals surface area contributed by atoms with Gasteiger partial charge in [-0.1, -0.05) is 44.6 Å². The van der Waals surface area contributed by atoms with E-state index >= 15 is 0 Å². The first-order valence-corrected chi connectivity index (χ1v) is 12.7. The maximum absolute atomic E-state index is 13.6. The highest BCUT2D eigenvalue weighted by Gasteiger charge is 2.36. The first-order chi connectivity index (χ1) is 15.1. The quantitative estimate of drug-likeness (QED) is 0.561. The molecular weight excluding hydrogens is 498 g/mol. The van der Waals surface area contributed by atoms with E-state index in [1.807, 2.05) is 4.90 Å². The van der Waals surface area contributed by atoms with Crippen molar-refractivity contribution in [3.05, 3.63) is 63.6 Å². The molecule has 0 N–H and O–H groups in total. The lowest BCUT2D eigenvalue weighted by Crippen LogP contribution is -2.51. The lowest BCUT2D eigenvalue weighted by atomic mass is 10.1. The molecule has 0 saturated carbocycles. The summed E-state index contributed by atoms with van der Waals surface area (Å²) in [6.45, 7) is 1.15. The summed E-state index contributed by atoms with van der Waals surface area (Å²) in [4.78, 5) is 21.6. The lowest BCUT2D eigenvalue weighted by Gasteiger charge is -2.37. The molecule has 2 aromatic carbocycles. The monoisotopic (exact) mass is 517 g/mol. The molecule has 1 amide bonds. The van der Waals surface area contributed by atoms with Crippen LogP contribution in [0.4, 0.5) is 14.5 Å². The van der Waals surface area contributed by atoms with Crippen LogP contribution >= 0.6 is 32.4 Å². The van der Waals surface area contributed by atoms with E-state index in [-0.39, 0.29) is 17.9 Å². The number of amidine groups is 1. The number of aliphatic imine (C=N–C) groups is 1. The van der Waals surface area contributed by atoms with Gasteiger partial charge in [-0.15, -0.1) is 0 Å². The number of anilines is 1. The number of rotatable bonds is 4. The van der Waals surface area contributed by atoms with Crippen LogP contribution in [0.5, 0.6) is 0 Å². The van der Waals surface area contributed by atoms with Crippen molar-refractivity contribution in [2.24, 2.45) is 4.99 Å². The molecule has 2 heterocycles. The number of alkyl halides is 2. The topological polar surface area (TPSA) is 53.0 Å². The molecule has 2 aliphatic rings. The van der Waals surface area contributed by atoms with Gasteiger partial charge >= 0.3 is 0 Å². The summed E-state index contributed by atoms with van der Waals surface area (Å²) in [5.41, 5.74) is -2.33. The van der Waals surface area contributed by atoms with E-state index in [0.29, 0.717) is 51.7 Å². The highest BCUT2D eigenvalue weighted by Crippen LogP contribution is 2.36. The number of amides is 1. The van der Waals surface area contributed by atoms with Gasteiger partial charge in [0, 0.05) is 51.5 Å². The number of hydrogen-bond acceptors (Lipinski definition) is 4. The van der Waals surface area contributed by atoms with Crippen LogP contribution in [0.2, 0.25) is 10.0 Å². The van der Waals surface area contributed by atoms with Gasteiger partial charge in [0.2, 0.25) is 5.91 Å². The molecule has 2 aliphatic heterocycles. The Labute approximate surface area is 199 Å². The smallest absolute Gasteiger partial charge is 0.280 e. The average molecular weight is 518 g/mol. The van der Waals surface area contributed by atoms with Gasteiger partial charge in [0.1, 0.15) is 12.0 Å². The molecule has 2 unspecified atom stereocenters. The minimum absolute atomic E-state index is 0.114. The zero-order chi connectivity index (χ0) is 23.0. The molecule has 1 fully saturated rings. The molecule has 0 radical (unpaired) electrons. The van der Waals surface area contributed by atoms with Crippen LogP contribution in [0.1, 0.15) is 17.5 Å². The van der Waals surface area contributed by atoms with E-state index in [1.165, 1.54) is 38.4 Å². The van der Waals surface area contributed by atoms with Crippen molar-refractivity contribution in [3.63, 3.8) is 0 Å². The SMILES string of the molecule is O=C1CC(N2CCS(=O)CC2)N=C(c2ccc(Cl)cc2Cl)N1c1ccc(C(F)(F)P)cc1. The van der Waals surface area contributed by atoms with Crippen molar-refractivity contribution in [1.82, 2.24) is 4.90 Å². The maximum Gasteiger partial charge on any atom is 0.283 e. The lowest BCUT2D eigenvalue weighted by molar-refractivity contribution is -0.119. The minimum Gasteiger partial charge on any atom is -0.280 e. The van der Waals surface area contributed by atoms with Crippen molar-refractivity contribution in [2.75, 3.05) is 29.5 Å². The molecule has 2 atom stereocenters. The predicted octanol–water partition coefficient (Wildman–Crippen LogP) is 4.49. The third kappa shape index (κ3) is 5.05. The van der Waals surface area contributed by atoms with E-state index < -0.39 is 22.6 Å². The molecular formula is C21H20Cl2F2N3O2PS. The van der Waals surface area contributed by atoms with Crippen LogP contribution in [0, 0.1) is 0 Å². The molecule has 32 heavy (non-hydrogen) atoms. The summed E-state index contributed by atoms with van der Waals surface area (Å²) in [5, 5.41) is 0.762. The Hall–Kier alpha value is -1.44. The maximum atomic E-state index is 13.6. The number of carbonyl (C=O) groups is 1. The van der Waals surface area contributed by atoms with Gasteiger partial charge < -0.3 is 0 Å². The molecule has 2 aromatic rings. The third-order valence-corrected chi connectivity index (χ3v) is 7.56. The summed E-state index contributed by atoms with van der Waals surface area (Å²) in [5.74, 6) is 1.16. The Morgan fingerprint density at radius 3 is 2.34 bits per heavy atom. The van der Waals surface area contributed by atoms with Crippen LogP contribution < -0.4 is 4.90 Å². The van der Waals surface area contributed by atoms with Crippen LogP contribution in [-0.4, -0.2) is 51.6 Å². The van der Waals surface area contributed by atoms with Crippen molar-refractivity contribution >= 4 is 60.7 Å². The zero-order valence-electron chi connectivity index (χ0n) is 16.8. The molecule has 0 aliphatic carbocycles. The van der Waals surface area contributed by atoms with Gasteiger partial charge in [-0.25, -0.2) is 4.99 Å². The molecule has 11 heteroatoms. The van der Waals surface area contributed by atoms with E-state index in [2.05, 4.69) is 0 Å². The Balaban J connectivity index is 1.76. The fraction of sp³-hybridized carbons (Fsp3) is 0.333. The van der Waals surface area contributed by atoms with Crippen LogP contribution in [0.15, 0.2) is 47.5 Å². The zero-order valence-corrected chi connectivity index (χ0v) is 20.3. The molecule has 1 saturated heterocycles. The summed E-state index contributed by atoms with van der Waals surface area (Å²) >= 11 is 12.5. The standard InChI is InChI=1S/C21H20Cl2F2N3O2PS/c22-14-3-6-16(17(23)11-14)20-26-18(27-7-9-32(30)10-8-27)12-19(29)28(20)15-4-1-13(2-5-15)21(24,25)31/h1-6,11,18H,7-10,12,31H2. The third-order valence-electron chi connectivity index (χ3n) is 5.41. The van der Waals surface area contributed by atoms with Gasteiger partial charge in [0.05, 0.1) is 17.1 Å². The number of nitrogens with zero attached hydrogens (tertiary/aromatic N) is 3. The Bertz CT molecular complexity index is 1090. The Morgan fingerprint density at radius 1 is 1.09 bits per heavy atom. The van der Waals surface area contributed by atoms with E-state index in [9.17, 15) is 17.8 Å². The van der Waals surface area contributed by atoms with Gasteiger partial charge in [-0.2, -0.15) is 8.78 Å². The van der Waals surface area contributed by atoms with Crippen molar-refractivity contribution in [1.29, 1.82) is 0 Å². The Morgan fingerprint density at radius 2 is 1.75 bits per heavy atom. The van der Waals surface area contributed by atoms with Crippen molar-refractivity contribution in [2.45, 2.75) is 18.3 Å². The fourth-order valence-corrected chi connectivity index (χ4v) is 5.50. The van der Waals surface area contributed by atoms with E-state index in [0.717, 1.165) is 0 Å². The largest absolute Gasteiger partial charge is 0.283 e. The average Bonchev–Trinajstić information content (AvgIpc) is 2.73. The first kappa shape index (κ1) is 23.7.